The maximum atomic E-state index is 13.5. The van der Waals surface area contributed by atoms with Crippen molar-refractivity contribution in [3.05, 3.63) is 58.1 Å². The van der Waals surface area contributed by atoms with E-state index < -0.39 is 28.5 Å². The molecule has 0 spiro atoms. The molecule has 0 aliphatic rings. The van der Waals surface area contributed by atoms with Crippen LogP contribution in [0.25, 0.3) is 0 Å². The lowest BCUT2D eigenvalue weighted by atomic mass is 10.1. The average Bonchev–Trinajstić information content (AvgIpc) is 2.73. The van der Waals surface area contributed by atoms with E-state index in [1.165, 1.54) is 30.2 Å². The van der Waals surface area contributed by atoms with E-state index in [1.54, 1.807) is 31.2 Å². The highest BCUT2D eigenvalue weighted by atomic mass is 35.5. The van der Waals surface area contributed by atoms with Crippen molar-refractivity contribution in [1.29, 1.82) is 0 Å². The fraction of sp³-hybridized carbons (Fsp3) is 0.391. The Hall–Kier alpha value is -2.49. The number of rotatable bonds is 10. The van der Waals surface area contributed by atoms with Gasteiger partial charge in [-0.25, -0.2) is 8.42 Å². The number of anilines is 1. The van der Waals surface area contributed by atoms with Crippen LogP contribution in [0.5, 0.6) is 5.75 Å². The zero-order valence-corrected chi connectivity index (χ0v) is 22.0. The second-order valence-electron chi connectivity index (χ2n) is 8.11. The number of hydrogen-bond acceptors (Lipinski definition) is 5. The Morgan fingerprint density at radius 1 is 1.06 bits per heavy atom. The molecule has 34 heavy (non-hydrogen) atoms. The largest absolute Gasteiger partial charge is 0.497 e. The third kappa shape index (κ3) is 7.78. The van der Waals surface area contributed by atoms with Gasteiger partial charge in [0.2, 0.25) is 21.8 Å². The number of carbonyl (C=O) groups is 2. The number of ether oxygens (including phenoxy) is 1. The van der Waals surface area contributed by atoms with Gasteiger partial charge in [-0.05, 0) is 56.7 Å². The summed E-state index contributed by atoms with van der Waals surface area (Å²) in [6.45, 7) is 4.74. The molecule has 0 saturated carbocycles. The van der Waals surface area contributed by atoms with E-state index in [4.69, 9.17) is 27.9 Å². The number of hydrogen-bond donors (Lipinski definition) is 1. The van der Waals surface area contributed by atoms with Gasteiger partial charge in [0, 0.05) is 22.6 Å². The molecule has 0 aromatic heterocycles. The standard InChI is InChI=1S/C23H29Cl2N3O5S/c1-15(2)26-23(30)16(3)27(13-17-7-6-8-21(9-17)33-4)22(29)14-28(34(5,31)32)20-11-18(24)10-19(25)12-20/h6-12,15-16H,13-14H2,1-5H3,(H,26,30). The Balaban J connectivity index is 2.43. The van der Waals surface area contributed by atoms with Crippen LogP contribution in [0.1, 0.15) is 26.3 Å². The van der Waals surface area contributed by atoms with Crippen molar-refractivity contribution in [2.24, 2.45) is 0 Å². The second-order valence-corrected chi connectivity index (χ2v) is 10.9. The summed E-state index contributed by atoms with van der Waals surface area (Å²) in [6.07, 6.45) is 0.983. The van der Waals surface area contributed by atoms with Gasteiger partial charge in [-0.1, -0.05) is 35.3 Å². The van der Waals surface area contributed by atoms with Crippen molar-refractivity contribution in [3.8, 4) is 5.75 Å². The van der Waals surface area contributed by atoms with E-state index in [2.05, 4.69) is 5.32 Å². The van der Waals surface area contributed by atoms with Crippen molar-refractivity contribution in [2.75, 3.05) is 24.2 Å². The van der Waals surface area contributed by atoms with E-state index in [0.717, 1.165) is 10.6 Å². The fourth-order valence-electron chi connectivity index (χ4n) is 3.25. The molecule has 0 radical (unpaired) electrons. The van der Waals surface area contributed by atoms with Crippen molar-refractivity contribution in [3.63, 3.8) is 0 Å². The third-order valence-corrected chi connectivity index (χ3v) is 6.48. The van der Waals surface area contributed by atoms with Crippen molar-refractivity contribution in [2.45, 2.75) is 39.4 Å². The lowest BCUT2D eigenvalue weighted by Crippen LogP contribution is -2.52. The summed E-state index contributed by atoms with van der Waals surface area (Å²) in [7, 11) is -2.35. The van der Waals surface area contributed by atoms with Crippen LogP contribution >= 0.6 is 23.2 Å². The first-order chi connectivity index (χ1) is 15.8. The number of methoxy groups -OCH3 is 1. The molecule has 0 aliphatic carbocycles. The number of benzene rings is 2. The van der Waals surface area contributed by atoms with E-state index in [0.29, 0.717) is 11.3 Å². The number of nitrogens with zero attached hydrogens (tertiary/aromatic N) is 2. The van der Waals surface area contributed by atoms with Crippen LogP contribution in [-0.4, -0.2) is 57.1 Å². The summed E-state index contributed by atoms with van der Waals surface area (Å²) in [5.41, 5.74) is 0.863. The maximum absolute atomic E-state index is 13.5. The number of amides is 2. The van der Waals surface area contributed by atoms with Crippen LogP contribution in [0.2, 0.25) is 10.0 Å². The minimum atomic E-state index is -3.88. The highest BCUT2D eigenvalue weighted by Gasteiger charge is 2.30. The summed E-state index contributed by atoms with van der Waals surface area (Å²) in [4.78, 5) is 27.6. The SMILES string of the molecule is COc1cccc(CN(C(=O)CN(c2cc(Cl)cc(Cl)c2)S(C)(=O)=O)C(C)C(=O)NC(C)C)c1. The number of carbonyl (C=O) groups excluding carboxylic acids is 2. The quantitative estimate of drug-likeness (QED) is 0.506. The van der Waals surface area contributed by atoms with Gasteiger partial charge >= 0.3 is 0 Å². The van der Waals surface area contributed by atoms with Gasteiger partial charge in [0.15, 0.2) is 0 Å². The Morgan fingerprint density at radius 3 is 2.21 bits per heavy atom. The van der Waals surface area contributed by atoms with Crippen LogP contribution in [-0.2, 0) is 26.2 Å². The number of sulfonamides is 1. The topological polar surface area (TPSA) is 96.0 Å². The number of nitrogens with one attached hydrogen (secondary N) is 1. The molecule has 2 aromatic rings. The molecule has 2 amide bonds. The zero-order valence-electron chi connectivity index (χ0n) is 19.7. The smallest absolute Gasteiger partial charge is 0.244 e. The first-order valence-corrected chi connectivity index (χ1v) is 13.1. The Kier molecular flexibility index (Phi) is 9.61. The van der Waals surface area contributed by atoms with Gasteiger partial charge < -0.3 is 15.0 Å². The minimum Gasteiger partial charge on any atom is -0.497 e. The molecule has 0 heterocycles. The van der Waals surface area contributed by atoms with Crippen molar-refractivity contribution in [1.82, 2.24) is 10.2 Å². The molecular formula is C23H29Cl2N3O5S. The van der Waals surface area contributed by atoms with Gasteiger partial charge in [-0.2, -0.15) is 0 Å². The highest BCUT2D eigenvalue weighted by molar-refractivity contribution is 7.92. The van der Waals surface area contributed by atoms with Gasteiger partial charge in [0.05, 0.1) is 19.1 Å². The Bertz CT molecular complexity index is 1120. The van der Waals surface area contributed by atoms with Gasteiger partial charge in [0.1, 0.15) is 18.3 Å². The zero-order chi connectivity index (χ0) is 25.6. The predicted molar refractivity (Wildman–Crippen MR) is 135 cm³/mol. The summed E-state index contributed by atoms with van der Waals surface area (Å²) in [6, 6.07) is 10.3. The second kappa shape index (κ2) is 11.8. The molecule has 0 fully saturated rings. The lowest BCUT2D eigenvalue weighted by molar-refractivity contribution is -0.139. The van der Waals surface area contributed by atoms with E-state index in [1.807, 2.05) is 13.8 Å². The molecule has 2 rings (SSSR count). The van der Waals surface area contributed by atoms with E-state index in [-0.39, 0.29) is 34.2 Å². The van der Waals surface area contributed by atoms with E-state index in [9.17, 15) is 18.0 Å². The monoisotopic (exact) mass is 529 g/mol. The normalized spacial score (nSPS) is 12.2. The molecule has 11 heteroatoms. The highest BCUT2D eigenvalue weighted by Crippen LogP contribution is 2.27. The number of halogens is 2. The van der Waals surface area contributed by atoms with Gasteiger partial charge in [-0.3, -0.25) is 13.9 Å². The molecular weight excluding hydrogens is 501 g/mol. The van der Waals surface area contributed by atoms with Crippen LogP contribution in [0.4, 0.5) is 5.69 Å². The Labute approximate surface area is 210 Å². The van der Waals surface area contributed by atoms with Crippen LogP contribution in [0.15, 0.2) is 42.5 Å². The maximum Gasteiger partial charge on any atom is 0.244 e. The van der Waals surface area contributed by atoms with Crippen LogP contribution in [0, 0.1) is 0 Å². The molecule has 0 aliphatic heterocycles. The summed E-state index contributed by atoms with van der Waals surface area (Å²) in [5, 5.41) is 3.24. The van der Waals surface area contributed by atoms with Crippen LogP contribution in [0.3, 0.4) is 0 Å². The van der Waals surface area contributed by atoms with Crippen molar-refractivity contribution >= 4 is 50.7 Å². The lowest BCUT2D eigenvalue weighted by Gasteiger charge is -2.32. The fourth-order valence-corrected chi connectivity index (χ4v) is 4.60. The van der Waals surface area contributed by atoms with Gasteiger partial charge in [-0.15, -0.1) is 0 Å². The van der Waals surface area contributed by atoms with Crippen molar-refractivity contribution < 1.29 is 22.7 Å². The van der Waals surface area contributed by atoms with Crippen LogP contribution < -0.4 is 14.4 Å². The van der Waals surface area contributed by atoms with E-state index >= 15 is 0 Å². The average molecular weight is 530 g/mol. The predicted octanol–water partition coefficient (Wildman–Crippen LogP) is 3.71. The summed E-state index contributed by atoms with van der Waals surface area (Å²) >= 11 is 12.1. The first kappa shape index (κ1) is 27.8. The van der Waals surface area contributed by atoms with Gasteiger partial charge in [0.25, 0.3) is 0 Å². The third-order valence-electron chi connectivity index (χ3n) is 4.90. The molecule has 0 bridgehead atoms. The summed E-state index contributed by atoms with van der Waals surface area (Å²) < 4.78 is 31.3. The first-order valence-electron chi connectivity index (χ1n) is 10.5. The summed E-state index contributed by atoms with van der Waals surface area (Å²) in [5.74, 6) is -0.339. The molecule has 2 aromatic carbocycles. The Morgan fingerprint density at radius 2 is 1.68 bits per heavy atom. The molecule has 1 N–H and O–H groups in total. The molecule has 0 saturated heterocycles. The molecule has 8 nitrogen and oxygen atoms in total. The minimum absolute atomic E-state index is 0.0661. The molecule has 186 valence electrons. The molecule has 1 unspecified atom stereocenters. The molecule has 1 atom stereocenters.